The van der Waals surface area contributed by atoms with E-state index in [9.17, 15) is 13.2 Å². The predicted molar refractivity (Wildman–Crippen MR) is 53.3 cm³/mol. The molecule has 0 unspecified atom stereocenters. The third kappa shape index (κ3) is 2.38. The van der Waals surface area contributed by atoms with Gasteiger partial charge in [-0.25, -0.2) is 0 Å². The van der Waals surface area contributed by atoms with Crippen LogP contribution in [0.1, 0.15) is 5.56 Å². The molecule has 0 nitrogen and oxygen atoms in total. The summed E-state index contributed by atoms with van der Waals surface area (Å²) in [6.07, 6.45) is -4.26. The molecule has 0 aromatic heterocycles. The van der Waals surface area contributed by atoms with Crippen LogP contribution >= 0.6 is 0 Å². The maximum atomic E-state index is 12.6. The molecule has 1 rings (SSSR count). The molecule has 4 heteroatoms. The van der Waals surface area contributed by atoms with Crippen molar-refractivity contribution in [3.05, 3.63) is 29.8 Å². The van der Waals surface area contributed by atoms with Crippen LogP contribution in [0.2, 0.25) is 19.6 Å². The normalized spacial score (nSPS) is 13.0. The molecule has 0 atom stereocenters. The fraction of sp³-hybridized carbons (Fsp3) is 0.400. The van der Waals surface area contributed by atoms with E-state index in [2.05, 4.69) is 6.07 Å². The monoisotopic (exact) mass is 217 g/mol. The summed E-state index contributed by atoms with van der Waals surface area (Å²) in [7, 11) is -1.96. The van der Waals surface area contributed by atoms with Crippen molar-refractivity contribution in [2.45, 2.75) is 25.8 Å². The van der Waals surface area contributed by atoms with Crippen LogP contribution in [0.3, 0.4) is 0 Å². The Kier molecular flexibility index (Phi) is 2.76. The maximum Gasteiger partial charge on any atom is 0.416 e. The molecule has 14 heavy (non-hydrogen) atoms. The standard InChI is InChI=1S/C10H12F3Si/c1-14(2,3)9-7-5-4-6-8(9)10(11,12)13/h4-6H,1-3H3. The highest BCUT2D eigenvalue weighted by molar-refractivity contribution is 6.89. The average molecular weight is 217 g/mol. The van der Waals surface area contributed by atoms with E-state index < -0.39 is 19.8 Å². The van der Waals surface area contributed by atoms with Gasteiger partial charge in [0.1, 0.15) is 0 Å². The largest absolute Gasteiger partial charge is 0.416 e. The highest BCUT2D eigenvalue weighted by atomic mass is 28.3. The van der Waals surface area contributed by atoms with E-state index in [1.807, 2.05) is 19.6 Å². The molecule has 0 spiro atoms. The molecule has 0 aliphatic rings. The first kappa shape index (κ1) is 11.3. The fourth-order valence-electron chi connectivity index (χ4n) is 1.29. The van der Waals surface area contributed by atoms with E-state index in [4.69, 9.17) is 0 Å². The molecule has 0 amide bonds. The average Bonchev–Trinajstić information content (AvgIpc) is 2.01. The molecule has 0 fully saturated rings. The summed E-state index contributed by atoms with van der Waals surface area (Å²) in [4.78, 5) is 0. The lowest BCUT2D eigenvalue weighted by molar-refractivity contribution is -0.136. The van der Waals surface area contributed by atoms with Gasteiger partial charge < -0.3 is 0 Å². The molecule has 1 aromatic carbocycles. The first-order valence-corrected chi connectivity index (χ1v) is 7.81. The van der Waals surface area contributed by atoms with Gasteiger partial charge in [-0.1, -0.05) is 37.8 Å². The molecule has 0 aliphatic carbocycles. The minimum atomic E-state index is -4.26. The molecule has 1 radical (unpaired) electrons. The van der Waals surface area contributed by atoms with Gasteiger partial charge in [-0.2, -0.15) is 13.2 Å². The maximum absolute atomic E-state index is 12.6. The molecule has 0 saturated heterocycles. The summed E-state index contributed by atoms with van der Waals surface area (Å²) < 4.78 is 37.7. The Labute approximate surface area is 82.8 Å². The van der Waals surface area contributed by atoms with Crippen LogP contribution in [-0.2, 0) is 6.18 Å². The Morgan fingerprint density at radius 3 is 2.14 bits per heavy atom. The van der Waals surface area contributed by atoms with Gasteiger partial charge in [0.15, 0.2) is 0 Å². The van der Waals surface area contributed by atoms with Crippen LogP contribution < -0.4 is 5.19 Å². The van der Waals surface area contributed by atoms with Crippen LogP contribution in [0, 0.1) is 6.07 Å². The van der Waals surface area contributed by atoms with E-state index in [0.29, 0.717) is 5.19 Å². The van der Waals surface area contributed by atoms with Gasteiger partial charge in [-0.3, -0.25) is 0 Å². The Hall–Kier alpha value is -0.773. The van der Waals surface area contributed by atoms with Gasteiger partial charge in [0.25, 0.3) is 0 Å². The van der Waals surface area contributed by atoms with E-state index >= 15 is 0 Å². The van der Waals surface area contributed by atoms with Crippen LogP contribution in [0.25, 0.3) is 0 Å². The van der Waals surface area contributed by atoms with E-state index in [-0.39, 0.29) is 0 Å². The number of hydrogen-bond acceptors (Lipinski definition) is 0. The van der Waals surface area contributed by atoms with Crippen molar-refractivity contribution >= 4 is 13.3 Å². The first-order valence-electron chi connectivity index (χ1n) is 4.31. The summed E-state index contributed by atoms with van der Waals surface area (Å²) >= 11 is 0. The number of hydrogen-bond donors (Lipinski definition) is 0. The Morgan fingerprint density at radius 2 is 1.79 bits per heavy atom. The molecule has 0 heterocycles. The van der Waals surface area contributed by atoms with Gasteiger partial charge in [-0.05, 0) is 11.3 Å². The summed E-state index contributed by atoms with van der Waals surface area (Å²) in [6, 6.07) is 6.78. The number of rotatable bonds is 1. The fourth-order valence-corrected chi connectivity index (χ4v) is 2.84. The quantitative estimate of drug-likeness (QED) is 0.634. The molecule has 0 aliphatic heterocycles. The van der Waals surface area contributed by atoms with Gasteiger partial charge >= 0.3 is 6.18 Å². The third-order valence-corrected chi connectivity index (χ3v) is 3.83. The predicted octanol–water partition coefficient (Wildman–Crippen LogP) is 3.05. The molecule has 0 saturated carbocycles. The van der Waals surface area contributed by atoms with E-state index in [1.54, 1.807) is 6.07 Å². The van der Waals surface area contributed by atoms with Crippen molar-refractivity contribution in [3.8, 4) is 0 Å². The number of alkyl halides is 3. The van der Waals surface area contributed by atoms with Crippen LogP contribution in [0.5, 0.6) is 0 Å². The van der Waals surface area contributed by atoms with Crippen molar-refractivity contribution < 1.29 is 13.2 Å². The topological polar surface area (TPSA) is 0 Å². The smallest absolute Gasteiger partial charge is 0.166 e. The van der Waals surface area contributed by atoms with Crippen LogP contribution in [0.4, 0.5) is 13.2 Å². The minimum Gasteiger partial charge on any atom is -0.166 e. The summed E-state index contributed by atoms with van der Waals surface area (Å²) in [5.74, 6) is 0. The zero-order valence-corrected chi connectivity index (χ0v) is 9.37. The third-order valence-electron chi connectivity index (χ3n) is 1.91. The van der Waals surface area contributed by atoms with Gasteiger partial charge in [0.05, 0.1) is 13.6 Å². The van der Waals surface area contributed by atoms with E-state index in [1.165, 1.54) is 6.07 Å². The molecular weight excluding hydrogens is 205 g/mol. The molecular formula is C10H12F3Si. The second-order valence-corrected chi connectivity index (χ2v) is 9.21. The van der Waals surface area contributed by atoms with Crippen molar-refractivity contribution in [1.82, 2.24) is 0 Å². The lowest BCUT2D eigenvalue weighted by atomic mass is 10.2. The van der Waals surface area contributed by atoms with Crippen LogP contribution in [-0.4, -0.2) is 8.07 Å². The zero-order valence-electron chi connectivity index (χ0n) is 8.37. The highest BCUT2D eigenvalue weighted by Crippen LogP contribution is 2.28. The Morgan fingerprint density at radius 1 is 1.21 bits per heavy atom. The Bertz CT molecular complexity index is 290. The van der Waals surface area contributed by atoms with Crippen molar-refractivity contribution in [2.24, 2.45) is 0 Å². The SMILES string of the molecule is C[Si](C)(C)c1[c]cccc1C(F)(F)F. The summed E-state index contributed by atoms with van der Waals surface area (Å²) in [6.45, 7) is 5.65. The lowest BCUT2D eigenvalue weighted by Crippen LogP contribution is -2.42. The highest BCUT2D eigenvalue weighted by Gasteiger charge is 2.36. The molecule has 1 aromatic rings. The zero-order chi connectivity index (χ0) is 11.0. The van der Waals surface area contributed by atoms with Crippen molar-refractivity contribution in [2.75, 3.05) is 0 Å². The second kappa shape index (κ2) is 3.42. The van der Waals surface area contributed by atoms with E-state index in [0.717, 1.165) is 6.07 Å². The van der Waals surface area contributed by atoms with Crippen molar-refractivity contribution in [1.29, 1.82) is 0 Å². The Balaban J connectivity index is 3.31. The summed E-state index contributed by atoms with van der Waals surface area (Å²) in [5, 5.41) is 0.354. The molecule has 77 valence electrons. The number of halogens is 3. The van der Waals surface area contributed by atoms with Gasteiger partial charge in [-0.15, -0.1) is 0 Å². The van der Waals surface area contributed by atoms with Crippen LogP contribution in [0.15, 0.2) is 18.2 Å². The summed E-state index contributed by atoms with van der Waals surface area (Å²) in [5.41, 5.74) is -0.529. The van der Waals surface area contributed by atoms with Gasteiger partial charge in [0.2, 0.25) is 0 Å². The first-order chi connectivity index (χ1) is 6.23. The number of benzene rings is 1. The second-order valence-electron chi connectivity index (χ2n) is 4.21. The molecule has 0 N–H and O–H groups in total. The van der Waals surface area contributed by atoms with Crippen molar-refractivity contribution in [3.63, 3.8) is 0 Å². The molecule has 0 bridgehead atoms. The lowest BCUT2D eigenvalue weighted by Gasteiger charge is -2.21. The minimum absolute atomic E-state index is 0.354. The van der Waals surface area contributed by atoms with Gasteiger partial charge in [0, 0.05) is 0 Å².